The van der Waals surface area contributed by atoms with E-state index in [2.05, 4.69) is 15.4 Å². The van der Waals surface area contributed by atoms with Crippen molar-refractivity contribution in [2.24, 2.45) is 0 Å². The topological polar surface area (TPSA) is 120 Å². The van der Waals surface area contributed by atoms with Crippen molar-refractivity contribution in [3.05, 3.63) is 57.6 Å². The maximum Gasteiger partial charge on any atom is 0.387 e. The molecule has 0 aliphatic heterocycles. The number of hydrogen-bond acceptors (Lipinski definition) is 6. The lowest BCUT2D eigenvalue weighted by Crippen LogP contribution is -2.12. The van der Waals surface area contributed by atoms with E-state index < -0.39 is 28.9 Å². The van der Waals surface area contributed by atoms with Gasteiger partial charge in [-0.05, 0) is 36.8 Å². The van der Waals surface area contributed by atoms with E-state index in [1.807, 2.05) is 0 Å². The maximum absolute atomic E-state index is 12.5. The molecule has 31 heavy (non-hydrogen) atoms. The summed E-state index contributed by atoms with van der Waals surface area (Å²) in [5.41, 5.74) is 0.949. The van der Waals surface area contributed by atoms with Gasteiger partial charge in [-0.25, -0.2) is 0 Å². The van der Waals surface area contributed by atoms with Crippen LogP contribution in [0.5, 0.6) is 11.5 Å². The average molecular weight is 435 g/mol. The number of amides is 2. The Balaban J connectivity index is 2.29. The van der Waals surface area contributed by atoms with E-state index in [0.717, 1.165) is 24.3 Å². The first-order chi connectivity index (χ1) is 14.6. The number of ether oxygens (including phenoxy) is 2. The Kier molecular flexibility index (Phi) is 7.61. The lowest BCUT2D eigenvalue weighted by molar-refractivity contribution is -0.385. The van der Waals surface area contributed by atoms with Crippen LogP contribution in [0.15, 0.2) is 36.4 Å². The first-order valence-corrected chi connectivity index (χ1v) is 8.80. The summed E-state index contributed by atoms with van der Waals surface area (Å²) in [6.45, 7) is -0.147. The molecule has 2 aromatic carbocycles. The van der Waals surface area contributed by atoms with Gasteiger partial charge in [-0.1, -0.05) is 6.07 Å². The normalized spacial score (nSPS) is 10.8. The predicted molar refractivity (Wildman–Crippen MR) is 109 cm³/mol. The van der Waals surface area contributed by atoms with Crippen molar-refractivity contribution in [1.82, 2.24) is 0 Å². The molecule has 2 aromatic rings. The van der Waals surface area contributed by atoms with Gasteiger partial charge in [-0.15, -0.1) is 0 Å². The van der Waals surface area contributed by atoms with E-state index in [4.69, 9.17) is 4.74 Å². The van der Waals surface area contributed by atoms with Gasteiger partial charge in [-0.2, -0.15) is 8.78 Å². The molecule has 0 saturated heterocycles. The molecule has 0 aliphatic rings. The fraction of sp³-hybridized carbons (Fsp3) is 0.200. The van der Waals surface area contributed by atoms with Gasteiger partial charge in [0.25, 0.3) is 5.69 Å². The van der Waals surface area contributed by atoms with Gasteiger partial charge in [0.2, 0.25) is 11.8 Å². The summed E-state index contributed by atoms with van der Waals surface area (Å²) < 4.78 is 34.2. The Bertz CT molecular complexity index is 1040. The SMILES string of the molecule is COc1cc(/C=C/C(=O)Nc2cccc(NC(C)=O)c2C)c([N+](=O)[O-])cc1OC(F)F. The first-order valence-electron chi connectivity index (χ1n) is 8.80. The molecule has 2 rings (SSSR count). The first kappa shape index (κ1) is 23.3. The minimum Gasteiger partial charge on any atom is -0.493 e. The van der Waals surface area contributed by atoms with Crippen molar-refractivity contribution in [1.29, 1.82) is 0 Å². The highest BCUT2D eigenvalue weighted by Crippen LogP contribution is 2.36. The van der Waals surface area contributed by atoms with Gasteiger partial charge in [0.05, 0.1) is 23.7 Å². The van der Waals surface area contributed by atoms with Crippen LogP contribution < -0.4 is 20.1 Å². The van der Waals surface area contributed by atoms with E-state index in [0.29, 0.717) is 16.9 Å². The summed E-state index contributed by atoms with van der Waals surface area (Å²) in [5, 5.41) is 16.6. The highest BCUT2D eigenvalue weighted by molar-refractivity contribution is 6.03. The second-order valence-corrected chi connectivity index (χ2v) is 6.18. The van der Waals surface area contributed by atoms with Crippen molar-refractivity contribution < 1.29 is 32.8 Å². The van der Waals surface area contributed by atoms with Crippen LogP contribution in [-0.2, 0) is 9.59 Å². The highest BCUT2D eigenvalue weighted by atomic mass is 19.3. The highest BCUT2D eigenvalue weighted by Gasteiger charge is 2.20. The van der Waals surface area contributed by atoms with Gasteiger partial charge in [0.15, 0.2) is 11.5 Å². The van der Waals surface area contributed by atoms with Crippen molar-refractivity contribution in [2.75, 3.05) is 17.7 Å². The third-order valence-corrected chi connectivity index (χ3v) is 4.04. The van der Waals surface area contributed by atoms with Gasteiger partial charge in [0, 0.05) is 24.4 Å². The minimum atomic E-state index is -3.20. The Hall–Kier alpha value is -4.02. The van der Waals surface area contributed by atoms with Gasteiger partial charge < -0.3 is 20.1 Å². The van der Waals surface area contributed by atoms with E-state index in [9.17, 15) is 28.5 Å². The zero-order valence-corrected chi connectivity index (χ0v) is 16.8. The molecular weight excluding hydrogens is 416 g/mol. The summed E-state index contributed by atoms with van der Waals surface area (Å²) in [6, 6.07) is 6.83. The van der Waals surface area contributed by atoms with E-state index in [-0.39, 0.29) is 17.2 Å². The Morgan fingerprint density at radius 3 is 2.35 bits per heavy atom. The van der Waals surface area contributed by atoms with Gasteiger partial charge in [0.1, 0.15) is 0 Å². The largest absolute Gasteiger partial charge is 0.493 e. The molecular formula is C20H19F2N3O6. The van der Waals surface area contributed by atoms with Crippen LogP contribution >= 0.6 is 0 Å². The molecule has 2 amide bonds. The van der Waals surface area contributed by atoms with Crippen LogP contribution in [0.25, 0.3) is 6.08 Å². The number of rotatable bonds is 8. The molecule has 0 unspecified atom stereocenters. The van der Waals surface area contributed by atoms with Crippen LogP contribution in [0, 0.1) is 17.0 Å². The number of carbonyl (C=O) groups is 2. The molecule has 0 radical (unpaired) electrons. The second-order valence-electron chi connectivity index (χ2n) is 6.18. The molecule has 0 bridgehead atoms. The van der Waals surface area contributed by atoms with Crippen LogP contribution in [0.1, 0.15) is 18.1 Å². The Labute approximate surface area is 175 Å². The maximum atomic E-state index is 12.5. The lowest BCUT2D eigenvalue weighted by Gasteiger charge is -2.12. The summed E-state index contributed by atoms with van der Waals surface area (Å²) in [7, 11) is 1.19. The number of anilines is 2. The standard InChI is InChI=1S/C20H19F2N3O6/c1-11-14(23-12(2)26)5-4-6-15(11)24-19(27)8-7-13-9-17(30-3)18(31-20(21)22)10-16(13)25(28)29/h4-10,20H,1-3H3,(H,23,26)(H,24,27)/b8-7+. The molecule has 0 aliphatic carbocycles. The molecule has 0 aromatic heterocycles. The van der Waals surface area contributed by atoms with Crippen LogP contribution in [0.3, 0.4) is 0 Å². The fourth-order valence-corrected chi connectivity index (χ4v) is 2.64. The molecule has 164 valence electrons. The number of methoxy groups -OCH3 is 1. The predicted octanol–water partition coefficient (Wildman–Crippen LogP) is 4.12. The summed E-state index contributed by atoms with van der Waals surface area (Å²) in [6.07, 6.45) is 2.19. The van der Waals surface area contributed by atoms with E-state index in [1.54, 1.807) is 25.1 Å². The second kappa shape index (κ2) is 10.1. The number of benzene rings is 2. The quantitative estimate of drug-likeness (QED) is 0.366. The van der Waals surface area contributed by atoms with Gasteiger partial charge in [-0.3, -0.25) is 19.7 Å². The zero-order chi connectivity index (χ0) is 23.1. The Morgan fingerprint density at radius 2 is 1.81 bits per heavy atom. The molecule has 9 nitrogen and oxygen atoms in total. The number of nitro benzene ring substituents is 1. The van der Waals surface area contributed by atoms with Crippen molar-refractivity contribution in [3.63, 3.8) is 0 Å². The summed E-state index contributed by atoms with van der Waals surface area (Å²) in [4.78, 5) is 34.1. The van der Waals surface area contributed by atoms with E-state index >= 15 is 0 Å². The number of nitrogens with zero attached hydrogens (tertiary/aromatic N) is 1. The number of carbonyl (C=O) groups excluding carboxylic acids is 2. The van der Waals surface area contributed by atoms with Crippen LogP contribution in [0.2, 0.25) is 0 Å². The average Bonchev–Trinajstić information content (AvgIpc) is 2.68. The summed E-state index contributed by atoms with van der Waals surface area (Å²) >= 11 is 0. The number of halogens is 2. The number of nitrogens with one attached hydrogen (secondary N) is 2. The molecule has 2 N–H and O–H groups in total. The van der Waals surface area contributed by atoms with Gasteiger partial charge >= 0.3 is 6.61 Å². The number of alkyl halides is 2. The third kappa shape index (κ3) is 6.23. The smallest absolute Gasteiger partial charge is 0.387 e. The minimum absolute atomic E-state index is 0.0534. The fourth-order valence-electron chi connectivity index (χ4n) is 2.64. The molecule has 0 spiro atoms. The molecule has 0 fully saturated rings. The molecule has 0 atom stereocenters. The van der Waals surface area contributed by atoms with Crippen molar-refractivity contribution >= 4 is 35.0 Å². The Morgan fingerprint density at radius 1 is 1.16 bits per heavy atom. The molecule has 0 saturated carbocycles. The molecule has 0 heterocycles. The lowest BCUT2D eigenvalue weighted by atomic mass is 10.1. The monoisotopic (exact) mass is 435 g/mol. The van der Waals surface area contributed by atoms with E-state index in [1.165, 1.54) is 14.0 Å². The number of hydrogen-bond donors (Lipinski definition) is 2. The van der Waals surface area contributed by atoms with Crippen LogP contribution in [-0.4, -0.2) is 30.5 Å². The third-order valence-electron chi connectivity index (χ3n) is 4.04. The zero-order valence-electron chi connectivity index (χ0n) is 16.8. The van der Waals surface area contributed by atoms with Crippen molar-refractivity contribution in [2.45, 2.75) is 20.5 Å². The van der Waals surface area contributed by atoms with Crippen molar-refractivity contribution in [3.8, 4) is 11.5 Å². The van der Waals surface area contributed by atoms with Crippen LogP contribution in [0.4, 0.5) is 25.8 Å². The summed E-state index contributed by atoms with van der Waals surface area (Å²) in [5.74, 6) is -1.54. The molecule has 11 heteroatoms. The number of nitro groups is 1.